The molecular formula is C14H20ClNO2. The zero-order chi connectivity index (χ0) is 13.1. The number of aliphatic hydroxyl groups is 1. The van der Waals surface area contributed by atoms with Crippen molar-refractivity contribution in [2.45, 2.75) is 37.5 Å². The van der Waals surface area contributed by atoms with E-state index >= 15 is 0 Å². The molecule has 3 nitrogen and oxygen atoms in total. The molecule has 100 valence electrons. The van der Waals surface area contributed by atoms with E-state index in [0.29, 0.717) is 5.02 Å². The van der Waals surface area contributed by atoms with Gasteiger partial charge in [0, 0.05) is 11.1 Å². The zero-order valence-electron chi connectivity index (χ0n) is 10.8. The topological polar surface area (TPSA) is 32.7 Å². The second-order valence-electron chi connectivity index (χ2n) is 5.07. The number of halogens is 1. The summed E-state index contributed by atoms with van der Waals surface area (Å²) in [6.45, 7) is 0. The molecule has 1 N–H and O–H groups in total. The summed E-state index contributed by atoms with van der Waals surface area (Å²) in [7, 11) is 3.99. The Morgan fingerprint density at radius 1 is 1.33 bits per heavy atom. The number of aliphatic hydroxyl groups excluding tert-OH is 1. The third-order valence-electron chi connectivity index (χ3n) is 3.51. The Hall–Kier alpha value is -0.770. The SMILES string of the molecule is CN(C)[C@H]1CCC[C@@H](Oc2cccc(Cl)c2)[C@@H]1O. The molecule has 1 aromatic rings. The van der Waals surface area contributed by atoms with Crippen LogP contribution < -0.4 is 4.74 Å². The van der Waals surface area contributed by atoms with Gasteiger partial charge in [-0.3, -0.25) is 0 Å². The zero-order valence-corrected chi connectivity index (χ0v) is 11.6. The summed E-state index contributed by atoms with van der Waals surface area (Å²) in [4.78, 5) is 2.07. The van der Waals surface area contributed by atoms with Crippen molar-refractivity contribution in [2.24, 2.45) is 0 Å². The van der Waals surface area contributed by atoms with E-state index in [2.05, 4.69) is 4.90 Å². The fraction of sp³-hybridized carbons (Fsp3) is 0.571. The highest BCUT2D eigenvalue weighted by Gasteiger charge is 2.34. The van der Waals surface area contributed by atoms with Crippen LogP contribution in [0.4, 0.5) is 0 Å². The van der Waals surface area contributed by atoms with Crippen LogP contribution in [-0.2, 0) is 0 Å². The van der Waals surface area contributed by atoms with E-state index in [1.165, 1.54) is 0 Å². The van der Waals surface area contributed by atoms with Crippen LogP contribution in [0.2, 0.25) is 5.02 Å². The standard InChI is InChI=1S/C14H20ClNO2/c1-16(2)12-7-4-8-13(14(12)17)18-11-6-3-5-10(15)9-11/h3,5-6,9,12-14,17H,4,7-8H2,1-2H3/t12-,13+,14+/m0/s1. The number of benzene rings is 1. The molecule has 1 aromatic carbocycles. The summed E-state index contributed by atoms with van der Waals surface area (Å²) in [5, 5.41) is 11.0. The van der Waals surface area contributed by atoms with Crippen LogP contribution in [0.15, 0.2) is 24.3 Å². The number of rotatable bonds is 3. The first-order valence-electron chi connectivity index (χ1n) is 6.34. The summed E-state index contributed by atoms with van der Waals surface area (Å²) in [5.41, 5.74) is 0. The highest BCUT2D eigenvalue weighted by atomic mass is 35.5. The first-order chi connectivity index (χ1) is 8.58. The number of ether oxygens (including phenoxy) is 1. The molecule has 0 heterocycles. The molecule has 0 bridgehead atoms. The fourth-order valence-electron chi connectivity index (χ4n) is 2.52. The van der Waals surface area contributed by atoms with Crippen LogP contribution in [0.5, 0.6) is 5.75 Å². The Kier molecular flexibility index (Phi) is 4.49. The monoisotopic (exact) mass is 269 g/mol. The van der Waals surface area contributed by atoms with Gasteiger partial charge in [-0.05, 0) is 51.6 Å². The molecule has 0 aliphatic heterocycles. The summed E-state index contributed by atoms with van der Waals surface area (Å²) >= 11 is 5.93. The van der Waals surface area contributed by atoms with Crippen molar-refractivity contribution in [1.82, 2.24) is 4.90 Å². The van der Waals surface area contributed by atoms with Crippen LogP contribution in [0.25, 0.3) is 0 Å². The van der Waals surface area contributed by atoms with Gasteiger partial charge in [-0.25, -0.2) is 0 Å². The maximum atomic E-state index is 10.3. The van der Waals surface area contributed by atoms with Gasteiger partial charge in [-0.15, -0.1) is 0 Å². The predicted octanol–water partition coefficient (Wildman–Crippen LogP) is 2.56. The highest BCUT2D eigenvalue weighted by molar-refractivity contribution is 6.30. The Bertz CT molecular complexity index is 397. The molecule has 1 saturated carbocycles. The van der Waals surface area contributed by atoms with Crippen molar-refractivity contribution in [1.29, 1.82) is 0 Å². The third-order valence-corrected chi connectivity index (χ3v) is 3.75. The fourth-order valence-corrected chi connectivity index (χ4v) is 2.71. The highest BCUT2D eigenvalue weighted by Crippen LogP contribution is 2.27. The number of nitrogens with zero attached hydrogens (tertiary/aromatic N) is 1. The van der Waals surface area contributed by atoms with E-state index in [1.807, 2.05) is 32.3 Å². The maximum absolute atomic E-state index is 10.3. The van der Waals surface area contributed by atoms with Gasteiger partial charge < -0.3 is 14.7 Å². The van der Waals surface area contributed by atoms with Gasteiger partial charge in [0.2, 0.25) is 0 Å². The molecule has 3 atom stereocenters. The molecule has 2 rings (SSSR count). The minimum atomic E-state index is -0.451. The van der Waals surface area contributed by atoms with E-state index in [9.17, 15) is 5.11 Å². The van der Waals surface area contributed by atoms with Gasteiger partial charge in [0.25, 0.3) is 0 Å². The molecule has 4 heteroatoms. The molecule has 1 fully saturated rings. The van der Waals surface area contributed by atoms with Gasteiger partial charge >= 0.3 is 0 Å². The van der Waals surface area contributed by atoms with Gasteiger partial charge in [0.05, 0.1) is 0 Å². The molecule has 0 radical (unpaired) electrons. The lowest BCUT2D eigenvalue weighted by atomic mass is 9.89. The van der Waals surface area contributed by atoms with Crippen molar-refractivity contribution in [3.63, 3.8) is 0 Å². The van der Waals surface area contributed by atoms with Crippen molar-refractivity contribution < 1.29 is 9.84 Å². The normalized spacial score (nSPS) is 28.4. The summed E-state index contributed by atoms with van der Waals surface area (Å²) < 4.78 is 5.87. The molecule has 0 aromatic heterocycles. The van der Waals surface area contributed by atoms with E-state index in [4.69, 9.17) is 16.3 Å². The summed E-state index contributed by atoms with van der Waals surface area (Å²) in [5.74, 6) is 0.728. The van der Waals surface area contributed by atoms with Crippen molar-refractivity contribution in [3.05, 3.63) is 29.3 Å². The smallest absolute Gasteiger partial charge is 0.126 e. The molecular weight excluding hydrogens is 250 g/mol. The van der Waals surface area contributed by atoms with Crippen LogP contribution in [0.3, 0.4) is 0 Å². The minimum Gasteiger partial charge on any atom is -0.488 e. The van der Waals surface area contributed by atoms with Crippen LogP contribution in [0.1, 0.15) is 19.3 Å². The van der Waals surface area contributed by atoms with E-state index in [0.717, 1.165) is 25.0 Å². The lowest BCUT2D eigenvalue weighted by Crippen LogP contribution is -2.50. The average Bonchev–Trinajstić information content (AvgIpc) is 2.31. The Balaban J connectivity index is 2.04. The molecule has 0 unspecified atom stereocenters. The molecule has 18 heavy (non-hydrogen) atoms. The minimum absolute atomic E-state index is 0.149. The number of hydrogen-bond donors (Lipinski definition) is 1. The maximum Gasteiger partial charge on any atom is 0.126 e. The second-order valence-corrected chi connectivity index (χ2v) is 5.50. The predicted molar refractivity (Wildman–Crippen MR) is 73.2 cm³/mol. The largest absolute Gasteiger partial charge is 0.488 e. The summed E-state index contributed by atoms with van der Waals surface area (Å²) in [6.07, 6.45) is 2.38. The Labute approximate surface area is 113 Å². The Morgan fingerprint density at radius 3 is 2.78 bits per heavy atom. The lowest BCUT2D eigenvalue weighted by molar-refractivity contribution is -0.0415. The molecule has 0 saturated heterocycles. The first kappa shape index (κ1) is 13.7. The van der Waals surface area contributed by atoms with E-state index < -0.39 is 6.10 Å². The van der Waals surface area contributed by atoms with Gasteiger partial charge in [-0.2, -0.15) is 0 Å². The Morgan fingerprint density at radius 2 is 2.11 bits per heavy atom. The molecule has 1 aliphatic rings. The molecule has 0 amide bonds. The molecule has 0 spiro atoms. The van der Waals surface area contributed by atoms with Crippen LogP contribution >= 0.6 is 11.6 Å². The van der Waals surface area contributed by atoms with E-state index in [-0.39, 0.29) is 12.1 Å². The average molecular weight is 270 g/mol. The van der Waals surface area contributed by atoms with Crippen molar-refractivity contribution in [3.8, 4) is 5.75 Å². The molecule has 1 aliphatic carbocycles. The third kappa shape index (κ3) is 3.16. The van der Waals surface area contributed by atoms with Gasteiger partial charge in [0.15, 0.2) is 0 Å². The van der Waals surface area contributed by atoms with Crippen LogP contribution in [0, 0.1) is 0 Å². The summed E-state index contributed by atoms with van der Waals surface area (Å²) in [6, 6.07) is 7.50. The number of likely N-dealkylation sites (N-methyl/N-ethyl adjacent to an activating group) is 1. The number of hydrogen-bond acceptors (Lipinski definition) is 3. The van der Waals surface area contributed by atoms with Gasteiger partial charge in [-0.1, -0.05) is 17.7 Å². The van der Waals surface area contributed by atoms with Gasteiger partial charge in [0.1, 0.15) is 18.0 Å². The van der Waals surface area contributed by atoms with Crippen molar-refractivity contribution in [2.75, 3.05) is 14.1 Å². The van der Waals surface area contributed by atoms with E-state index in [1.54, 1.807) is 6.07 Å². The lowest BCUT2D eigenvalue weighted by Gasteiger charge is -2.38. The van der Waals surface area contributed by atoms with Crippen LogP contribution in [-0.4, -0.2) is 42.4 Å². The first-order valence-corrected chi connectivity index (χ1v) is 6.72. The quantitative estimate of drug-likeness (QED) is 0.915. The van der Waals surface area contributed by atoms with Crippen molar-refractivity contribution >= 4 is 11.6 Å². The second kappa shape index (κ2) is 5.91.